The summed E-state index contributed by atoms with van der Waals surface area (Å²) in [6, 6.07) is 53.4. The Morgan fingerprint density at radius 2 is 1.28 bits per heavy atom. The highest BCUT2D eigenvalue weighted by atomic mass is 32.2. The third-order valence-electron chi connectivity index (χ3n) is 13.3. The molecule has 0 saturated heterocycles. The lowest BCUT2D eigenvalue weighted by Gasteiger charge is -2.31. The van der Waals surface area contributed by atoms with E-state index < -0.39 is 0 Å². The van der Waals surface area contributed by atoms with Crippen LogP contribution in [0.25, 0.3) is 49.4 Å². The van der Waals surface area contributed by atoms with Crippen LogP contribution in [0.4, 0.5) is 17.1 Å². The van der Waals surface area contributed by atoms with E-state index >= 15 is 0 Å². The Morgan fingerprint density at radius 3 is 2.16 bits per heavy atom. The fourth-order valence-electron chi connectivity index (χ4n) is 10.5. The Labute approximate surface area is 343 Å². The lowest BCUT2D eigenvalue weighted by molar-refractivity contribution is 0.395. The summed E-state index contributed by atoms with van der Waals surface area (Å²) in [5.41, 5.74) is 14.5. The van der Waals surface area contributed by atoms with Gasteiger partial charge in [0, 0.05) is 55.1 Å². The number of thioether (sulfide) groups is 1. The Hall–Kier alpha value is -6.29. The number of para-hydroxylation sites is 2. The van der Waals surface area contributed by atoms with Gasteiger partial charge in [-0.3, -0.25) is 0 Å². The zero-order valence-corrected chi connectivity index (χ0v) is 33.3. The molecule has 4 unspecified atom stereocenters. The first-order valence-corrected chi connectivity index (χ1v) is 21.4. The van der Waals surface area contributed by atoms with Crippen molar-refractivity contribution in [2.75, 3.05) is 4.90 Å². The molecular weight excluding hydrogens is 723 g/mol. The standard InChI is InChI=1S/C55H41NOS/c1-55(2)48-23-10-8-17-40(48)41-31-28-35(32-49(41)55)46-33-47-44-21-12-20-38(52(44)57-53(47)43-19-7-6-16-39(43)46)34-26-29-37(30-27-34)56(36-14-4-3-5-15-36)50-24-13-22-45-42-18-9-11-25-51(42)58-54(45)50/h3-33,41-42,49,51H,1-2H3. The van der Waals surface area contributed by atoms with Crippen LogP contribution < -0.4 is 4.90 Å². The number of hydrogen-bond donors (Lipinski definition) is 0. The molecule has 0 bridgehead atoms. The monoisotopic (exact) mass is 763 g/mol. The second kappa shape index (κ2) is 12.9. The molecule has 0 amide bonds. The average Bonchev–Trinajstić information content (AvgIpc) is 3.92. The number of fused-ring (bicyclic) bond motifs is 11. The molecule has 4 atom stereocenters. The molecule has 8 aromatic rings. The molecule has 278 valence electrons. The van der Waals surface area contributed by atoms with Crippen LogP contribution in [0.1, 0.15) is 47.9 Å². The quantitative estimate of drug-likeness (QED) is 0.174. The van der Waals surface area contributed by atoms with E-state index in [9.17, 15) is 0 Å². The van der Waals surface area contributed by atoms with E-state index in [1.165, 1.54) is 43.8 Å². The van der Waals surface area contributed by atoms with Crippen molar-refractivity contribution in [2.45, 2.75) is 41.2 Å². The first-order chi connectivity index (χ1) is 28.5. The summed E-state index contributed by atoms with van der Waals surface area (Å²) in [6.07, 6.45) is 16.4. The minimum Gasteiger partial charge on any atom is -0.455 e. The van der Waals surface area contributed by atoms with Crippen molar-refractivity contribution < 1.29 is 4.42 Å². The number of allylic oxidation sites excluding steroid dienone is 7. The zero-order chi connectivity index (χ0) is 38.5. The van der Waals surface area contributed by atoms with Gasteiger partial charge in [-0.15, -0.1) is 11.8 Å². The number of nitrogens with zero attached hydrogens (tertiary/aromatic N) is 1. The Kier molecular flexibility index (Phi) is 7.50. The average molecular weight is 764 g/mol. The second-order valence-electron chi connectivity index (χ2n) is 16.8. The van der Waals surface area contributed by atoms with Gasteiger partial charge in [0.2, 0.25) is 0 Å². The van der Waals surface area contributed by atoms with Crippen LogP contribution in [0.5, 0.6) is 0 Å². The van der Waals surface area contributed by atoms with Crippen molar-refractivity contribution in [1.82, 2.24) is 0 Å². The number of anilines is 3. The highest BCUT2D eigenvalue weighted by molar-refractivity contribution is 8.00. The van der Waals surface area contributed by atoms with Crippen molar-refractivity contribution >= 4 is 67.1 Å². The van der Waals surface area contributed by atoms with Gasteiger partial charge in [-0.25, -0.2) is 0 Å². The molecule has 1 aliphatic heterocycles. The minimum absolute atomic E-state index is 0.0515. The van der Waals surface area contributed by atoms with Crippen molar-refractivity contribution in [3.63, 3.8) is 0 Å². The number of benzene rings is 7. The normalized spacial score (nSPS) is 20.9. The van der Waals surface area contributed by atoms with Crippen molar-refractivity contribution in [2.24, 2.45) is 5.92 Å². The molecule has 0 radical (unpaired) electrons. The van der Waals surface area contributed by atoms with E-state index in [4.69, 9.17) is 4.42 Å². The van der Waals surface area contributed by atoms with Crippen molar-refractivity contribution in [1.29, 1.82) is 0 Å². The topological polar surface area (TPSA) is 16.4 Å². The van der Waals surface area contributed by atoms with Crippen LogP contribution in [0.3, 0.4) is 0 Å². The molecule has 4 aliphatic rings. The first kappa shape index (κ1) is 33.8. The van der Waals surface area contributed by atoms with Gasteiger partial charge in [0.15, 0.2) is 0 Å². The molecule has 2 nitrogen and oxygen atoms in total. The fraction of sp³-hybridized carbons (Fsp3) is 0.127. The van der Waals surface area contributed by atoms with Crippen LogP contribution in [-0.2, 0) is 5.41 Å². The van der Waals surface area contributed by atoms with E-state index in [2.05, 4.69) is 207 Å². The molecule has 0 spiro atoms. The van der Waals surface area contributed by atoms with Gasteiger partial charge in [0.05, 0.1) is 5.69 Å². The van der Waals surface area contributed by atoms with Crippen LogP contribution in [0.2, 0.25) is 0 Å². The van der Waals surface area contributed by atoms with Gasteiger partial charge >= 0.3 is 0 Å². The van der Waals surface area contributed by atoms with E-state index in [1.807, 2.05) is 11.8 Å². The number of hydrogen-bond acceptors (Lipinski definition) is 3. The smallest absolute Gasteiger partial charge is 0.143 e. The van der Waals surface area contributed by atoms with Gasteiger partial charge in [-0.1, -0.05) is 166 Å². The van der Waals surface area contributed by atoms with Crippen molar-refractivity contribution in [3.05, 3.63) is 210 Å². The van der Waals surface area contributed by atoms with Gasteiger partial charge in [0.25, 0.3) is 0 Å². The number of furan rings is 1. The molecule has 0 saturated carbocycles. The first-order valence-electron chi connectivity index (χ1n) is 20.5. The zero-order valence-electron chi connectivity index (χ0n) is 32.5. The summed E-state index contributed by atoms with van der Waals surface area (Å²) in [6.45, 7) is 4.82. The van der Waals surface area contributed by atoms with Gasteiger partial charge in [-0.2, -0.15) is 0 Å². The van der Waals surface area contributed by atoms with Crippen LogP contribution in [0, 0.1) is 5.92 Å². The summed E-state index contributed by atoms with van der Waals surface area (Å²) < 4.78 is 6.99. The molecule has 7 aromatic carbocycles. The molecule has 0 fully saturated rings. The summed E-state index contributed by atoms with van der Waals surface area (Å²) in [7, 11) is 0. The van der Waals surface area contributed by atoms with Crippen LogP contribution in [0.15, 0.2) is 197 Å². The van der Waals surface area contributed by atoms with Crippen LogP contribution in [-0.4, -0.2) is 5.25 Å². The van der Waals surface area contributed by atoms with Gasteiger partial charge in [-0.05, 0) is 86.5 Å². The number of rotatable bonds is 5. The highest BCUT2D eigenvalue weighted by Gasteiger charge is 2.45. The molecule has 3 heteroatoms. The summed E-state index contributed by atoms with van der Waals surface area (Å²) in [4.78, 5) is 3.77. The third-order valence-corrected chi connectivity index (χ3v) is 14.7. The Morgan fingerprint density at radius 1 is 0.569 bits per heavy atom. The van der Waals surface area contributed by atoms with Crippen LogP contribution >= 0.6 is 11.8 Å². The fourth-order valence-corrected chi connectivity index (χ4v) is 11.9. The van der Waals surface area contributed by atoms with E-state index in [0.717, 1.165) is 49.8 Å². The maximum absolute atomic E-state index is 6.99. The SMILES string of the molecule is CC1(C)c2ccccc2C2C=CC(c3cc4c5cccc(-c6ccc(N(c7ccccc7)c7cccc8c7SC7C=CC=CC87)cc6)c5oc4c4ccccc34)=CC21. The predicted octanol–water partition coefficient (Wildman–Crippen LogP) is 15.2. The van der Waals surface area contributed by atoms with E-state index in [0.29, 0.717) is 23.0 Å². The Balaban J connectivity index is 0.960. The lowest BCUT2D eigenvalue weighted by atomic mass is 9.72. The van der Waals surface area contributed by atoms with E-state index in [1.54, 1.807) is 0 Å². The van der Waals surface area contributed by atoms with E-state index in [-0.39, 0.29) is 5.41 Å². The maximum Gasteiger partial charge on any atom is 0.143 e. The molecular formula is C55H41NOS. The molecule has 58 heavy (non-hydrogen) atoms. The molecule has 2 heterocycles. The maximum atomic E-state index is 6.99. The predicted molar refractivity (Wildman–Crippen MR) is 245 cm³/mol. The van der Waals surface area contributed by atoms with Gasteiger partial charge in [0.1, 0.15) is 11.2 Å². The van der Waals surface area contributed by atoms with Crippen molar-refractivity contribution in [3.8, 4) is 11.1 Å². The molecule has 3 aliphatic carbocycles. The molecule has 0 N–H and O–H groups in total. The molecule has 1 aromatic heterocycles. The highest BCUT2D eigenvalue weighted by Crippen LogP contribution is 2.56. The summed E-state index contributed by atoms with van der Waals surface area (Å²) >= 11 is 1.98. The second-order valence-corrected chi connectivity index (χ2v) is 18.0. The minimum atomic E-state index is 0.0515. The lowest BCUT2D eigenvalue weighted by Crippen LogP contribution is -2.25. The third kappa shape index (κ3) is 4.99. The largest absolute Gasteiger partial charge is 0.455 e. The Bertz CT molecular complexity index is 3090. The van der Waals surface area contributed by atoms with Gasteiger partial charge < -0.3 is 9.32 Å². The summed E-state index contributed by atoms with van der Waals surface area (Å²) in [5.74, 6) is 1.20. The summed E-state index contributed by atoms with van der Waals surface area (Å²) in [5, 5.41) is 5.10. The molecule has 12 rings (SSSR count).